The first-order valence-electron chi connectivity index (χ1n) is 8.37. The smallest absolute Gasteiger partial charge is 0.305 e. The highest BCUT2D eigenvalue weighted by molar-refractivity contribution is 7.90. The van der Waals surface area contributed by atoms with E-state index in [1.54, 1.807) is 20.8 Å². The zero-order valence-corrected chi connectivity index (χ0v) is 15.7. The number of nitrogens with zero attached hydrogens (tertiary/aromatic N) is 1. The lowest BCUT2D eigenvalue weighted by molar-refractivity contribution is -0.138. The number of amides is 2. The van der Waals surface area contributed by atoms with Crippen LogP contribution in [0.25, 0.3) is 0 Å². The molecule has 1 aliphatic heterocycles. The third-order valence-electron chi connectivity index (χ3n) is 4.78. The van der Waals surface area contributed by atoms with Gasteiger partial charge in [0.1, 0.15) is 4.90 Å². The second kappa shape index (κ2) is 7.06. The van der Waals surface area contributed by atoms with Crippen LogP contribution >= 0.6 is 0 Å². The molecule has 1 aromatic rings. The normalized spacial score (nSPS) is 15.7. The maximum Gasteiger partial charge on any atom is 0.305 e. The Morgan fingerprint density at radius 3 is 2.31 bits per heavy atom. The Labute approximate surface area is 152 Å². The fraction of sp³-hybridized carbons (Fsp3) is 0.471. The fourth-order valence-corrected chi connectivity index (χ4v) is 4.66. The molecule has 26 heavy (non-hydrogen) atoms. The lowest BCUT2D eigenvalue weighted by atomic mass is 9.88. The number of hydrogen-bond acceptors (Lipinski definition) is 5. The molecular weight excluding hydrogens is 360 g/mol. The molecule has 0 saturated carbocycles. The number of nitrogens with one attached hydrogen (secondary N) is 1. The third-order valence-corrected chi connectivity index (χ3v) is 6.68. The second-order valence-electron chi connectivity index (χ2n) is 6.20. The quantitative estimate of drug-likeness (QED) is 0.739. The van der Waals surface area contributed by atoms with Gasteiger partial charge in [0.2, 0.25) is 0 Å². The predicted octanol–water partition coefficient (Wildman–Crippen LogP) is 1.61. The SMILES string of the molecule is CCN1C(=O)c2ccc(C(=O)NC(CC)(CC)CC(=O)O)cc2S1(=O)=O. The van der Waals surface area contributed by atoms with E-state index in [4.69, 9.17) is 5.11 Å². The van der Waals surface area contributed by atoms with Crippen molar-refractivity contribution in [2.75, 3.05) is 6.54 Å². The Hall–Kier alpha value is -2.42. The summed E-state index contributed by atoms with van der Waals surface area (Å²) in [5, 5.41) is 11.8. The van der Waals surface area contributed by atoms with E-state index >= 15 is 0 Å². The molecule has 0 spiro atoms. The van der Waals surface area contributed by atoms with Crippen molar-refractivity contribution in [1.29, 1.82) is 0 Å². The van der Waals surface area contributed by atoms with Crippen molar-refractivity contribution in [3.63, 3.8) is 0 Å². The van der Waals surface area contributed by atoms with E-state index in [0.29, 0.717) is 12.8 Å². The number of carbonyl (C=O) groups excluding carboxylic acids is 2. The first kappa shape index (κ1) is 19.9. The molecule has 0 bridgehead atoms. The van der Waals surface area contributed by atoms with Gasteiger partial charge >= 0.3 is 5.97 Å². The summed E-state index contributed by atoms with van der Waals surface area (Å²) in [6, 6.07) is 3.86. The molecule has 9 heteroatoms. The van der Waals surface area contributed by atoms with Gasteiger partial charge in [-0.25, -0.2) is 12.7 Å². The summed E-state index contributed by atoms with van der Waals surface area (Å²) in [4.78, 5) is 35.7. The number of carboxylic acids is 1. The van der Waals surface area contributed by atoms with Crippen LogP contribution in [0.2, 0.25) is 0 Å². The van der Waals surface area contributed by atoms with E-state index < -0.39 is 33.3 Å². The number of fused-ring (bicyclic) bond motifs is 1. The Kier molecular flexibility index (Phi) is 5.41. The molecule has 0 radical (unpaired) electrons. The lowest BCUT2D eigenvalue weighted by Gasteiger charge is -2.31. The highest BCUT2D eigenvalue weighted by Crippen LogP contribution is 2.31. The van der Waals surface area contributed by atoms with E-state index in [-0.39, 0.29) is 29.0 Å². The van der Waals surface area contributed by atoms with Crippen LogP contribution < -0.4 is 5.32 Å². The number of sulfonamides is 1. The number of hydrogen-bond donors (Lipinski definition) is 2. The van der Waals surface area contributed by atoms with Gasteiger partial charge in [0.25, 0.3) is 21.8 Å². The van der Waals surface area contributed by atoms with E-state index in [2.05, 4.69) is 5.32 Å². The molecule has 8 nitrogen and oxygen atoms in total. The van der Waals surface area contributed by atoms with E-state index in [9.17, 15) is 22.8 Å². The highest BCUT2D eigenvalue weighted by Gasteiger charge is 2.41. The Bertz CT molecular complexity index is 858. The molecule has 0 atom stereocenters. The van der Waals surface area contributed by atoms with Crippen LogP contribution in [0.1, 0.15) is 60.7 Å². The molecule has 2 N–H and O–H groups in total. The van der Waals surface area contributed by atoms with Crippen molar-refractivity contribution in [3.05, 3.63) is 29.3 Å². The highest BCUT2D eigenvalue weighted by atomic mass is 32.2. The van der Waals surface area contributed by atoms with Crippen LogP contribution in [0.15, 0.2) is 23.1 Å². The Morgan fingerprint density at radius 1 is 1.19 bits per heavy atom. The molecule has 0 aliphatic carbocycles. The van der Waals surface area contributed by atoms with Crippen LogP contribution in [0.3, 0.4) is 0 Å². The summed E-state index contributed by atoms with van der Waals surface area (Å²) in [7, 11) is -3.97. The summed E-state index contributed by atoms with van der Waals surface area (Å²) < 4.78 is 25.6. The number of aliphatic carboxylic acids is 1. The molecule has 1 heterocycles. The van der Waals surface area contributed by atoms with Gasteiger partial charge in [-0.1, -0.05) is 13.8 Å². The molecular formula is C17H22N2O6S. The van der Waals surface area contributed by atoms with Crippen molar-refractivity contribution < 1.29 is 27.9 Å². The summed E-state index contributed by atoms with van der Waals surface area (Å²) in [5.41, 5.74) is -0.826. The van der Waals surface area contributed by atoms with E-state index in [1.165, 1.54) is 18.2 Å². The zero-order valence-electron chi connectivity index (χ0n) is 14.9. The van der Waals surface area contributed by atoms with Gasteiger partial charge in [0.05, 0.1) is 17.5 Å². The molecule has 0 aromatic heterocycles. The summed E-state index contributed by atoms with van der Waals surface area (Å²) in [6.45, 7) is 5.11. The Morgan fingerprint density at radius 2 is 1.81 bits per heavy atom. The van der Waals surface area contributed by atoms with E-state index in [1.807, 2.05) is 0 Å². The first-order valence-corrected chi connectivity index (χ1v) is 9.81. The standard InChI is InChI=1S/C17H22N2O6S/c1-4-17(5-2,10-14(20)21)18-15(22)11-7-8-12-13(9-11)26(24,25)19(6-3)16(12)23/h7-9H,4-6,10H2,1-3H3,(H,18,22)(H,20,21). The topological polar surface area (TPSA) is 121 Å². The predicted molar refractivity (Wildman–Crippen MR) is 93.4 cm³/mol. The van der Waals surface area contributed by atoms with E-state index in [0.717, 1.165) is 4.31 Å². The monoisotopic (exact) mass is 382 g/mol. The van der Waals surface area contributed by atoms with Crippen LogP contribution in [-0.4, -0.2) is 47.7 Å². The molecule has 1 aromatic carbocycles. The maximum absolute atomic E-state index is 12.6. The van der Waals surface area contributed by atoms with Crippen molar-refractivity contribution >= 4 is 27.8 Å². The number of rotatable bonds is 7. The van der Waals surface area contributed by atoms with Crippen LogP contribution in [0.5, 0.6) is 0 Å². The summed E-state index contributed by atoms with van der Waals surface area (Å²) in [6.07, 6.45) is 0.580. The summed E-state index contributed by atoms with van der Waals surface area (Å²) >= 11 is 0. The molecule has 142 valence electrons. The van der Waals surface area contributed by atoms with Gasteiger partial charge in [-0.05, 0) is 38.0 Å². The van der Waals surface area contributed by atoms with Gasteiger partial charge < -0.3 is 10.4 Å². The minimum absolute atomic E-state index is 0.00473. The van der Waals surface area contributed by atoms with Gasteiger partial charge in [-0.3, -0.25) is 14.4 Å². The third kappa shape index (κ3) is 3.31. The lowest BCUT2D eigenvalue weighted by Crippen LogP contribution is -2.49. The van der Waals surface area contributed by atoms with Crippen LogP contribution in [0.4, 0.5) is 0 Å². The van der Waals surface area contributed by atoms with Crippen molar-refractivity contribution in [3.8, 4) is 0 Å². The average molecular weight is 382 g/mol. The van der Waals surface area contributed by atoms with Crippen molar-refractivity contribution in [2.45, 2.75) is 50.5 Å². The van der Waals surface area contributed by atoms with Crippen molar-refractivity contribution in [2.24, 2.45) is 0 Å². The largest absolute Gasteiger partial charge is 0.481 e. The summed E-state index contributed by atoms with van der Waals surface area (Å²) in [5.74, 6) is -2.22. The van der Waals surface area contributed by atoms with Crippen LogP contribution in [0, 0.1) is 0 Å². The zero-order chi connectivity index (χ0) is 19.7. The molecule has 0 fully saturated rings. The maximum atomic E-state index is 12.6. The van der Waals surface area contributed by atoms with Gasteiger partial charge in [-0.2, -0.15) is 0 Å². The first-order chi connectivity index (χ1) is 12.1. The van der Waals surface area contributed by atoms with Gasteiger partial charge in [-0.15, -0.1) is 0 Å². The fourth-order valence-electron chi connectivity index (χ4n) is 3.05. The second-order valence-corrected chi connectivity index (χ2v) is 8.03. The van der Waals surface area contributed by atoms with Crippen molar-refractivity contribution in [1.82, 2.24) is 9.62 Å². The number of carboxylic acid groups (broad SMARTS) is 1. The average Bonchev–Trinajstić information content (AvgIpc) is 2.79. The van der Waals surface area contributed by atoms with Gasteiger partial charge in [0, 0.05) is 12.1 Å². The van der Waals surface area contributed by atoms with Gasteiger partial charge in [0.15, 0.2) is 0 Å². The van der Waals surface area contributed by atoms with Crippen LogP contribution in [-0.2, 0) is 14.8 Å². The Balaban J connectivity index is 2.39. The minimum Gasteiger partial charge on any atom is -0.481 e. The number of benzene rings is 1. The molecule has 2 rings (SSSR count). The molecule has 1 aliphatic rings. The number of carbonyl (C=O) groups is 3. The molecule has 0 saturated heterocycles. The molecule has 0 unspecified atom stereocenters. The molecule has 2 amide bonds. The minimum atomic E-state index is -3.97.